The number of hydrogen-bond acceptors (Lipinski definition) is 3. The van der Waals surface area contributed by atoms with Crippen molar-refractivity contribution in [3.63, 3.8) is 0 Å². The molecule has 1 rings (SSSR count). The maximum absolute atomic E-state index is 11.9. The molecule has 0 radical (unpaired) electrons. The minimum absolute atomic E-state index is 0.239. The lowest BCUT2D eigenvalue weighted by molar-refractivity contribution is 0.306. The molecule has 0 amide bonds. The number of rotatable bonds is 14. The normalized spacial score (nSPS) is 11.0. The number of alkyl halides is 2. The van der Waals surface area contributed by atoms with Crippen molar-refractivity contribution in [1.82, 2.24) is 0 Å². The van der Waals surface area contributed by atoms with Crippen molar-refractivity contribution in [3.05, 3.63) is 30.3 Å². The number of hydrogen-bond donors (Lipinski definition) is 0. The fourth-order valence-electron chi connectivity index (χ4n) is 2.59. The molecule has 0 unspecified atom stereocenters. The van der Waals surface area contributed by atoms with Gasteiger partial charge in [-0.05, 0) is 18.6 Å². The van der Waals surface area contributed by atoms with Gasteiger partial charge in [-0.3, -0.25) is 4.18 Å². The van der Waals surface area contributed by atoms with E-state index in [1.807, 2.05) is 0 Å². The van der Waals surface area contributed by atoms with Crippen molar-refractivity contribution < 1.29 is 17.0 Å². The third-order valence-corrected chi connectivity index (χ3v) is 5.34. The van der Waals surface area contributed by atoms with Crippen LogP contribution in [0, 0.1) is 0 Å². The van der Waals surface area contributed by atoms with Crippen LogP contribution in [-0.4, -0.2) is 21.2 Å². The molecule has 0 aliphatic carbocycles. The zero-order chi connectivity index (χ0) is 19.5. The molecule has 1 aromatic rings. The Balaban J connectivity index is 0.00000194. The van der Waals surface area contributed by atoms with Gasteiger partial charge < -0.3 is 0 Å². The lowest BCUT2D eigenvalue weighted by Gasteiger charge is -2.05. The Kier molecular flexibility index (Phi) is 17.3. The summed E-state index contributed by atoms with van der Waals surface area (Å²) >= 11 is 4.33. The standard InChI is InChI=1S/C19H32O3S.CH2ClF/c1-2-3-4-5-6-7-8-9-10-11-15-18-22-23(20,21)19-16-13-12-14-17-19;2-1-3/h12-14,16-17H,2-11,15,18H2,1H3;1H2. The van der Waals surface area contributed by atoms with Crippen molar-refractivity contribution in [2.45, 2.75) is 82.4 Å². The summed E-state index contributed by atoms with van der Waals surface area (Å²) in [6, 6.07) is 8.34. The molecule has 0 bridgehead atoms. The highest BCUT2D eigenvalue weighted by molar-refractivity contribution is 7.86. The second kappa shape index (κ2) is 17.7. The molecule has 0 heterocycles. The largest absolute Gasteiger partial charge is 0.296 e. The van der Waals surface area contributed by atoms with E-state index in [0.717, 1.165) is 12.8 Å². The van der Waals surface area contributed by atoms with Crippen LogP contribution in [0.2, 0.25) is 0 Å². The number of unbranched alkanes of at least 4 members (excludes halogenated alkanes) is 10. The predicted octanol–water partition coefficient (Wildman–Crippen LogP) is 6.86. The van der Waals surface area contributed by atoms with Crippen LogP contribution in [0.5, 0.6) is 0 Å². The third kappa shape index (κ3) is 14.5. The van der Waals surface area contributed by atoms with E-state index in [2.05, 4.69) is 18.5 Å². The first-order chi connectivity index (χ1) is 12.6. The highest BCUT2D eigenvalue weighted by Crippen LogP contribution is 2.14. The summed E-state index contributed by atoms with van der Waals surface area (Å²) in [5.41, 5.74) is 0. The Morgan fingerprint density at radius 2 is 1.27 bits per heavy atom. The van der Waals surface area contributed by atoms with Crippen molar-refractivity contribution in [2.75, 3.05) is 12.7 Å². The molecule has 152 valence electrons. The van der Waals surface area contributed by atoms with Crippen molar-refractivity contribution in [1.29, 1.82) is 0 Å². The lowest BCUT2D eigenvalue weighted by atomic mass is 10.1. The zero-order valence-electron chi connectivity index (χ0n) is 16.0. The smallest absolute Gasteiger partial charge is 0.266 e. The fraction of sp³-hybridized carbons (Fsp3) is 0.700. The molecule has 0 aliphatic heterocycles. The monoisotopic (exact) mass is 408 g/mol. The molecule has 0 aliphatic rings. The van der Waals surface area contributed by atoms with Crippen LogP contribution in [-0.2, 0) is 14.3 Å². The number of benzene rings is 1. The molecule has 0 atom stereocenters. The second-order valence-electron chi connectivity index (χ2n) is 6.23. The van der Waals surface area contributed by atoms with Gasteiger partial charge in [0.25, 0.3) is 10.1 Å². The molecule has 0 aromatic heterocycles. The summed E-state index contributed by atoms with van der Waals surface area (Å²) in [7, 11) is -3.57. The van der Waals surface area contributed by atoms with Crippen LogP contribution in [0.3, 0.4) is 0 Å². The van der Waals surface area contributed by atoms with Crippen LogP contribution in [0.1, 0.15) is 77.6 Å². The van der Waals surface area contributed by atoms with Crippen molar-refractivity contribution in [3.8, 4) is 0 Å². The van der Waals surface area contributed by atoms with E-state index in [-0.39, 0.29) is 11.5 Å². The van der Waals surface area contributed by atoms with Crippen LogP contribution < -0.4 is 0 Å². The van der Waals surface area contributed by atoms with E-state index in [1.165, 1.54) is 57.8 Å². The fourth-order valence-corrected chi connectivity index (χ4v) is 3.55. The van der Waals surface area contributed by atoms with Crippen LogP contribution in [0.25, 0.3) is 0 Å². The van der Waals surface area contributed by atoms with Gasteiger partial charge in [0, 0.05) is 0 Å². The van der Waals surface area contributed by atoms with Crippen LogP contribution >= 0.6 is 11.6 Å². The first-order valence-corrected chi connectivity index (χ1v) is 11.6. The van der Waals surface area contributed by atoms with Gasteiger partial charge in [-0.15, -0.1) is 0 Å². The molecule has 0 N–H and O–H groups in total. The maximum Gasteiger partial charge on any atom is 0.296 e. The third-order valence-electron chi connectivity index (χ3n) is 4.02. The molecule has 1 aromatic carbocycles. The Labute approximate surface area is 164 Å². The van der Waals surface area contributed by atoms with E-state index >= 15 is 0 Å². The second-order valence-corrected chi connectivity index (χ2v) is 8.04. The molecule has 0 fully saturated rings. The Hall–Kier alpha value is -0.650. The van der Waals surface area contributed by atoms with Gasteiger partial charge in [-0.25, -0.2) is 4.39 Å². The average Bonchev–Trinajstić information content (AvgIpc) is 2.64. The maximum atomic E-state index is 11.9. The first-order valence-electron chi connectivity index (χ1n) is 9.65. The summed E-state index contributed by atoms with van der Waals surface area (Å²) in [6.07, 6.45) is 12.9. The van der Waals surface area contributed by atoms with Gasteiger partial charge in [0.05, 0.1) is 11.5 Å². The van der Waals surface area contributed by atoms with Gasteiger partial charge in [0.15, 0.2) is 6.13 Å². The molecule has 0 saturated heterocycles. The van der Waals surface area contributed by atoms with E-state index in [4.69, 9.17) is 4.18 Å². The molecule has 26 heavy (non-hydrogen) atoms. The van der Waals surface area contributed by atoms with E-state index in [1.54, 1.807) is 30.3 Å². The van der Waals surface area contributed by atoms with Gasteiger partial charge in [0.1, 0.15) is 0 Å². The SMILES string of the molecule is CCCCCCCCCCCCCOS(=O)(=O)c1ccccc1.FCCl. The van der Waals surface area contributed by atoms with Gasteiger partial charge >= 0.3 is 0 Å². The van der Waals surface area contributed by atoms with Gasteiger partial charge in [0.2, 0.25) is 0 Å². The van der Waals surface area contributed by atoms with Crippen LogP contribution in [0.15, 0.2) is 35.2 Å². The number of halogens is 2. The van der Waals surface area contributed by atoms with Gasteiger partial charge in [-0.1, -0.05) is 101 Å². The molecular formula is C20H34ClFO3S. The van der Waals surface area contributed by atoms with Crippen LogP contribution in [0.4, 0.5) is 4.39 Å². The zero-order valence-corrected chi connectivity index (χ0v) is 17.5. The predicted molar refractivity (Wildman–Crippen MR) is 108 cm³/mol. The lowest BCUT2D eigenvalue weighted by Crippen LogP contribution is -2.07. The van der Waals surface area contributed by atoms with E-state index in [0.29, 0.717) is 0 Å². The summed E-state index contributed by atoms with van der Waals surface area (Å²) in [5, 5.41) is 0. The Morgan fingerprint density at radius 3 is 1.73 bits per heavy atom. The first kappa shape index (κ1) is 25.4. The molecule has 3 nitrogen and oxygen atoms in total. The van der Waals surface area contributed by atoms with E-state index in [9.17, 15) is 12.8 Å². The molecule has 0 spiro atoms. The summed E-state index contributed by atoms with van der Waals surface area (Å²) < 4.78 is 38.9. The Morgan fingerprint density at radius 1 is 0.846 bits per heavy atom. The minimum Gasteiger partial charge on any atom is -0.266 e. The minimum atomic E-state index is -3.57. The average molecular weight is 409 g/mol. The topological polar surface area (TPSA) is 43.4 Å². The van der Waals surface area contributed by atoms with Crippen molar-refractivity contribution in [2.24, 2.45) is 0 Å². The highest BCUT2D eigenvalue weighted by Gasteiger charge is 2.13. The molecule has 0 saturated carbocycles. The molecular weight excluding hydrogens is 375 g/mol. The van der Waals surface area contributed by atoms with Crippen molar-refractivity contribution >= 4 is 21.7 Å². The molecule has 6 heteroatoms. The summed E-state index contributed by atoms with van der Waals surface area (Å²) in [6.45, 7) is 2.53. The Bertz CT molecular complexity index is 509. The summed E-state index contributed by atoms with van der Waals surface area (Å²) in [4.78, 5) is 0.239. The van der Waals surface area contributed by atoms with Gasteiger partial charge in [-0.2, -0.15) is 8.42 Å². The highest BCUT2D eigenvalue weighted by atomic mass is 35.5. The quantitative estimate of drug-likeness (QED) is 0.192. The van der Waals surface area contributed by atoms with E-state index < -0.39 is 16.3 Å². The summed E-state index contributed by atoms with van der Waals surface area (Å²) in [5.74, 6) is 0.